The van der Waals surface area contributed by atoms with Gasteiger partial charge in [-0.25, -0.2) is 0 Å². The van der Waals surface area contributed by atoms with Gasteiger partial charge < -0.3 is 5.32 Å². The highest BCUT2D eigenvalue weighted by molar-refractivity contribution is 5.98. The standard InChI is InChI=1S/C13H17NO2/c1-8(2)13(16)14-12-7-11(10(4)15)6-5-9(12)3/h5-8H,1-4H3,(H,14,16). The van der Waals surface area contributed by atoms with Crippen molar-refractivity contribution in [1.29, 1.82) is 0 Å². The quantitative estimate of drug-likeness (QED) is 0.794. The number of nitrogens with one attached hydrogen (secondary N) is 1. The minimum atomic E-state index is -0.0691. The maximum atomic E-state index is 11.5. The van der Waals surface area contributed by atoms with Gasteiger partial charge in [0.1, 0.15) is 0 Å². The zero-order valence-electron chi connectivity index (χ0n) is 10.1. The largest absolute Gasteiger partial charge is 0.326 e. The van der Waals surface area contributed by atoms with Crippen LogP contribution in [0.5, 0.6) is 0 Å². The molecular weight excluding hydrogens is 202 g/mol. The number of hydrogen-bond donors (Lipinski definition) is 1. The van der Waals surface area contributed by atoms with Crippen LogP contribution in [0.15, 0.2) is 18.2 Å². The van der Waals surface area contributed by atoms with E-state index in [2.05, 4.69) is 5.32 Å². The normalized spacial score (nSPS) is 10.3. The summed E-state index contributed by atoms with van der Waals surface area (Å²) < 4.78 is 0. The van der Waals surface area contributed by atoms with Gasteiger partial charge in [0.25, 0.3) is 0 Å². The van der Waals surface area contributed by atoms with Crippen LogP contribution in [0.1, 0.15) is 36.7 Å². The smallest absolute Gasteiger partial charge is 0.226 e. The Morgan fingerprint density at radius 3 is 2.38 bits per heavy atom. The van der Waals surface area contributed by atoms with E-state index >= 15 is 0 Å². The fraction of sp³-hybridized carbons (Fsp3) is 0.385. The number of rotatable bonds is 3. The van der Waals surface area contributed by atoms with Gasteiger partial charge in [-0.15, -0.1) is 0 Å². The summed E-state index contributed by atoms with van der Waals surface area (Å²) in [6.07, 6.45) is 0. The van der Waals surface area contributed by atoms with Crippen molar-refractivity contribution in [1.82, 2.24) is 0 Å². The topological polar surface area (TPSA) is 46.2 Å². The highest BCUT2D eigenvalue weighted by Gasteiger charge is 2.10. The highest BCUT2D eigenvalue weighted by atomic mass is 16.1. The van der Waals surface area contributed by atoms with E-state index in [9.17, 15) is 9.59 Å². The molecule has 0 atom stereocenters. The van der Waals surface area contributed by atoms with Crippen molar-refractivity contribution < 1.29 is 9.59 Å². The Morgan fingerprint density at radius 2 is 1.88 bits per heavy atom. The number of aryl methyl sites for hydroxylation is 1. The van der Waals surface area contributed by atoms with Crippen molar-refractivity contribution in [2.24, 2.45) is 5.92 Å². The predicted molar refractivity (Wildman–Crippen MR) is 64.7 cm³/mol. The zero-order chi connectivity index (χ0) is 12.3. The number of benzene rings is 1. The zero-order valence-corrected chi connectivity index (χ0v) is 10.1. The average Bonchev–Trinajstić information content (AvgIpc) is 2.20. The van der Waals surface area contributed by atoms with E-state index in [-0.39, 0.29) is 17.6 Å². The molecule has 0 saturated heterocycles. The molecule has 0 aliphatic carbocycles. The van der Waals surface area contributed by atoms with Crippen LogP contribution in [0.25, 0.3) is 0 Å². The van der Waals surface area contributed by atoms with Crippen molar-refractivity contribution >= 4 is 17.4 Å². The predicted octanol–water partition coefficient (Wildman–Crippen LogP) is 2.79. The molecule has 16 heavy (non-hydrogen) atoms. The van der Waals surface area contributed by atoms with Gasteiger partial charge in [0.05, 0.1) is 0 Å². The van der Waals surface area contributed by atoms with E-state index in [1.165, 1.54) is 6.92 Å². The summed E-state index contributed by atoms with van der Waals surface area (Å²) in [6, 6.07) is 5.33. The molecule has 1 aromatic rings. The van der Waals surface area contributed by atoms with Gasteiger partial charge in [-0.3, -0.25) is 9.59 Å². The fourth-order valence-electron chi connectivity index (χ4n) is 1.25. The van der Waals surface area contributed by atoms with Crippen molar-refractivity contribution in [3.05, 3.63) is 29.3 Å². The van der Waals surface area contributed by atoms with E-state index in [1.807, 2.05) is 26.8 Å². The summed E-state index contributed by atoms with van der Waals surface area (Å²) in [6.45, 7) is 7.08. The number of carbonyl (C=O) groups is 2. The molecule has 0 heterocycles. The molecule has 0 unspecified atom stereocenters. The first-order valence-corrected chi connectivity index (χ1v) is 5.34. The van der Waals surface area contributed by atoms with Crippen LogP contribution < -0.4 is 5.32 Å². The van der Waals surface area contributed by atoms with Crippen LogP contribution in [0.4, 0.5) is 5.69 Å². The molecule has 1 amide bonds. The molecule has 0 saturated carbocycles. The summed E-state index contributed by atoms with van der Waals surface area (Å²) >= 11 is 0. The summed E-state index contributed by atoms with van der Waals surface area (Å²) in [5.74, 6) is -0.107. The number of Topliss-reactive ketones (excluding diaryl/α,β-unsaturated/α-hetero) is 1. The Kier molecular flexibility index (Phi) is 3.82. The van der Waals surface area contributed by atoms with Crippen molar-refractivity contribution in [2.75, 3.05) is 5.32 Å². The number of anilines is 1. The van der Waals surface area contributed by atoms with Crippen LogP contribution >= 0.6 is 0 Å². The van der Waals surface area contributed by atoms with Crippen LogP contribution in [0, 0.1) is 12.8 Å². The van der Waals surface area contributed by atoms with Gasteiger partial charge in [0, 0.05) is 17.2 Å². The Bertz CT molecular complexity index is 422. The van der Waals surface area contributed by atoms with Gasteiger partial charge in [-0.2, -0.15) is 0 Å². The third kappa shape index (κ3) is 2.92. The van der Waals surface area contributed by atoms with Crippen LogP contribution in [0.2, 0.25) is 0 Å². The Balaban J connectivity index is 2.99. The molecule has 0 radical (unpaired) electrons. The first kappa shape index (κ1) is 12.4. The van der Waals surface area contributed by atoms with E-state index in [1.54, 1.807) is 12.1 Å². The summed E-state index contributed by atoms with van der Waals surface area (Å²) in [4.78, 5) is 22.8. The Labute approximate surface area is 95.9 Å². The molecule has 0 aliphatic rings. The first-order valence-electron chi connectivity index (χ1n) is 5.34. The third-order valence-electron chi connectivity index (χ3n) is 2.43. The molecule has 0 spiro atoms. The lowest BCUT2D eigenvalue weighted by molar-refractivity contribution is -0.118. The fourth-order valence-corrected chi connectivity index (χ4v) is 1.25. The molecule has 0 fully saturated rings. The van der Waals surface area contributed by atoms with Crippen LogP contribution in [-0.4, -0.2) is 11.7 Å². The number of carbonyl (C=O) groups excluding carboxylic acids is 2. The molecular formula is C13H17NO2. The highest BCUT2D eigenvalue weighted by Crippen LogP contribution is 2.18. The molecule has 3 nitrogen and oxygen atoms in total. The Hall–Kier alpha value is -1.64. The van der Waals surface area contributed by atoms with Gasteiger partial charge in [0.2, 0.25) is 5.91 Å². The van der Waals surface area contributed by atoms with E-state index < -0.39 is 0 Å². The third-order valence-corrected chi connectivity index (χ3v) is 2.43. The van der Waals surface area contributed by atoms with Gasteiger partial charge in [-0.1, -0.05) is 26.0 Å². The van der Waals surface area contributed by atoms with Crippen molar-refractivity contribution in [3.63, 3.8) is 0 Å². The lowest BCUT2D eigenvalue weighted by atomic mass is 10.1. The Morgan fingerprint density at radius 1 is 1.25 bits per heavy atom. The molecule has 3 heteroatoms. The minimum absolute atomic E-state index is 0.0000425. The summed E-state index contributed by atoms with van der Waals surface area (Å²) in [5, 5.41) is 2.81. The van der Waals surface area contributed by atoms with Crippen molar-refractivity contribution in [3.8, 4) is 0 Å². The molecule has 0 aromatic heterocycles. The van der Waals surface area contributed by atoms with E-state index in [0.29, 0.717) is 11.3 Å². The monoisotopic (exact) mass is 219 g/mol. The van der Waals surface area contributed by atoms with Crippen molar-refractivity contribution in [2.45, 2.75) is 27.7 Å². The molecule has 0 aliphatic heterocycles. The van der Waals surface area contributed by atoms with Crippen LogP contribution in [0.3, 0.4) is 0 Å². The minimum Gasteiger partial charge on any atom is -0.326 e. The molecule has 1 N–H and O–H groups in total. The second-order valence-electron chi connectivity index (χ2n) is 4.23. The second kappa shape index (κ2) is 4.92. The number of ketones is 1. The average molecular weight is 219 g/mol. The molecule has 86 valence electrons. The van der Waals surface area contributed by atoms with E-state index in [0.717, 1.165) is 5.56 Å². The maximum absolute atomic E-state index is 11.5. The van der Waals surface area contributed by atoms with E-state index in [4.69, 9.17) is 0 Å². The SMILES string of the molecule is CC(=O)c1ccc(C)c(NC(=O)C(C)C)c1. The maximum Gasteiger partial charge on any atom is 0.226 e. The van der Waals surface area contributed by atoms with Gasteiger partial charge in [-0.05, 0) is 25.5 Å². The molecule has 1 aromatic carbocycles. The number of hydrogen-bond acceptors (Lipinski definition) is 2. The van der Waals surface area contributed by atoms with Gasteiger partial charge in [0.15, 0.2) is 5.78 Å². The molecule has 1 rings (SSSR count). The second-order valence-corrected chi connectivity index (χ2v) is 4.23. The summed E-state index contributed by atoms with van der Waals surface area (Å²) in [5.41, 5.74) is 2.29. The van der Waals surface area contributed by atoms with Crippen LogP contribution in [-0.2, 0) is 4.79 Å². The van der Waals surface area contributed by atoms with Gasteiger partial charge >= 0.3 is 0 Å². The number of amides is 1. The first-order chi connectivity index (χ1) is 7.41. The molecule has 0 bridgehead atoms. The lowest BCUT2D eigenvalue weighted by Crippen LogP contribution is -2.18. The lowest BCUT2D eigenvalue weighted by Gasteiger charge is -2.11. The summed E-state index contributed by atoms with van der Waals surface area (Å²) in [7, 11) is 0.